The van der Waals surface area contributed by atoms with Crippen LogP contribution in [0.5, 0.6) is 0 Å². The minimum Gasteiger partial charge on any atom is -0.307 e. The highest BCUT2D eigenvalue weighted by molar-refractivity contribution is 5.35. The van der Waals surface area contributed by atoms with Crippen LogP contribution in [-0.2, 0) is 6.42 Å². The zero-order valence-corrected chi connectivity index (χ0v) is 11.8. The van der Waals surface area contributed by atoms with Gasteiger partial charge in [0.1, 0.15) is 5.82 Å². The number of hydrogen-bond acceptors (Lipinski definition) is 1. The lowest BCUT2D eigenvalue weighted by Gasteiger charge is -2.22. The number of halogens is 1. The summed E-state index contributed by atoms with van der Waals surface area (Å²) in [4.78, 5) is 0. The van der Waals surface area contributed by atoms with E-state index in [1.54, 1.807) is 12.1 Å². The van der Waals surface area contributed by atoms with Crippen LogP contribution in [0.15, 0.2) is 18.2 Å². The van der Waals surface area contributed by atoms with Gasteiger partial charge in [-0.25, -0.2) is 4.39 Å². The molecule has 2 aliphatic carbocycles. The van der Waals surface area contributed by atoms with Crippen LogP contribution in [0.25, 0.3) is 0 Å². The third-order valence-electron chi connectivity index (χ3n) is 4.88. The number of fused-ring (bicyclic) bond motifs is 1. The first-order valence-electron chi connectivity index (χ1n) is 7.77. The smallest absolute Gasteiger partial charge is 0.123 e. The Labute approximate surface area is 115 Å². The summed E-state index contributed by atoms with van der Waals surface area (Å²) in [5, 5.41) is 3.83. The lowest BCUT2D eigenvalue weighted by molar-refractivity contribution is 0.392. The van der Waals surface area contributed by atoms with Gasteiger partial charge in [-0.3, -0.25) is 0 Å². The van der Waals surface area contributed by atoms with Gasteiger partial charge in [0.05, 0.1) is 0 Å². The van der Waals surface area contributed by atoms with Gasteiger partial charge in [0.15, 0.2) is 0 Å². The Kier molecular flexibility index (Phi) is 3.88. The molecular weight excluding hydrogens is 237 g/mol. The summed E-state index contributed by atoms with van der Waals surface area (Å²) in [5.41, 5.74) is 2.54. The summed E-state index contributed by atoms with van der Waals surface area (Å²) < 4.78 is 13.2. The molecule has 1 aromatic carbocycles. The normalized spacial score (nSPS) is 30.9. The summed E-state index contributed by atoms with van der Waals surface area (Å²) >= 11 is 0. The van der Waals surface area contributed by atoms with E-state index in [0.29, 0.717) is 12.1 Å². The van der Waals surface area contributed by atoms with E-state index >= 15 is 0 Å². The fourth-order valence-electron chi connectivity index (χ4n) is 3.70. The first kappa shape index (κ1) is 13.1. The van der Waals surface area contributed by atoms with E-state index in [1.807, 2.05) is 6.07 Å². The topological polar surface area (TPSA) is 12.0 Å². The lowest BCUT2D eigenvalue weighted by Crippen LogP contribution is -2.31. The van der Waals surface area contributed by atoms with Gasteiger partial charge in [0.25, 0.3) is 0 Å². The van der Waals surface area contributed by atoms with E-state index < -0.39 is 0 Å². The standard InChI is InChI=1S/C17H24FN/c1-12-3-2-4-15(8-5-12)19-17-10-6-13-11-14(18)7-9-16(13)17/h7,9,11-12,15,17,19H,2-6,8,10H2,1H3. The quantitative estimate of drug-likeness (QED) is 0.779. The van der Waals surface area contributed by atoms with Crippen molar-refractivity contribution in [3.8, 4) is 0 Å². The molecule has 3 rings (SSSR count). The highest BCUT2D eigenvalue weighted by Crippen LogP contribution is 2.33. The summed E-state index contributed by atoms with van der Waals surface area (Å²) in [7, 11) is 0. The van der Waals surface area contributed by atoms with Crippen LogP contribution in [0.3, 0.4) is 0 Å². The maximum atomic E-state index is 13.2. The average Bonchev–Trinajstić information content (AvgIpc) is 2.65. The zero-order chi connectivity index (χ0) is 13.2. The molecule has 2 aliphatic rings. The second kappa shape index (κ2) is 5.62. The van der Waals surface area contributed by atoms with Crippen LogP contribution in [0.1, 0.15) is 62.6 Å². The Morgan fingerprint density at radius 3 is 2.89 bits per heavy atom. The third kappa shape index (κ3) is 3.00. The lowest BCUT2D eigenvalue weighted by atomic mass is 10.0. The molecule has 3 atom stereocenters. The van der Waals surface area contributed by atoms with Gasteiger partial charge in [-0.15, -0.1) is 0 Å². The van der Waals surface area contributed by atoms with Crippen molar-refractivity contribution in [2.24, 2.45) is 5.92 Å². The van der Waals surface area contributed by atoms with E-state index in [9.17, 15) is 4.39 Å². The fraction of sp³-hybridized carbons (Fsp3) is 0.647. The molecular formula is C17H24FN. The van der Waals surface area contributed by atoms with Crippen LogP contribution >= 0.6 is 0 Å². The molecule has 0 amide bonds. The Bertz CT molecular complexity index is 443. The molecule has 0 radical (unpaired) electrons. The monoisotopic (exact) mass is 261 g/mol. The number of aryl methyl sites for hydroxylation is 1. The Balaban J connectivity index is 1.66. The number of rotatable bonds is 2. The van der Waals surface area contributed by atoms with Gasteiger partial charge >= 0.3 is 0 Å². The highest BCUT2D eigenvalue weighted by Gasteiger charge is 2.26. The maximum Gasteiger partial charge on any atom is 0.123 e. The molecule has 104 valence electrons. The van der Waals surface area contributed by atoms with E-state index in [4.69, 9.17) is 0 Å². The van der Waals surface area contributed by atoms with Crippen molar-refractivity contribution in [3.63, 3.8) is 0 Å². The zero-order valence-electron chi connectivity index (χ0n) is 11.8. The Morgan fingerprint density at radius 1 is 1.11 bits per heavy atom. The molecule has 19 heavy (non-hydrogen) atoms. The maximum absolute atomic E-state index is 13.2. The SMILES string of the molecule is CC1CCCC(NC2CCc3cc(F)ccc32)CC1. The van der Waals surface area contributed by atoms with Gasteiger partial charge in [-0.05, 0) is 61.3 Å². The van der Waals surface area contributed by atoms with Crippen LogP contribution < -0.4 is 5.32 Å². The highest BCUT2D eigenvalue weighted by atomic mass is 19.1. The molecule has 1 N–H and O–H groups in total. The molecule has 1 fully saturated rings. The predicted molar refractivity (Wildman–Crippen MR) is 76.6 cm³/mol. The molecule has 0 bridgehead atoms. The summed E-state index contributed by atoms with van der Waals surface area (Å²) in [6.07, 6.45) is 8.83. The second-order valence-electron chi connectivity index (χ2n) is 6.41. The minimum absolute atomic E-state index is 0.0947. The van der Waals surface area contributed by atoms with Crippen molar-refractivity contribution in [2.45, 2.75) is 64.0 Å². The van der Waals surface area contributed by atoms with Gasteiger partial charge in [0.2, 0.25) is 0 Å². The van der Waals surface area contributed by atoms with Gasteiger partial charge in [0, 0.05) is 12.1 Å². The van der Waals surface area contributed by atoms with E-state index in [0.717, 1.165) is 18.8 Å². The summed E-state index contributed by atoms with van der Waals surface area (Å²) in [5.74, 6) is 0.791. The molecule has 0 saturated heterocycles. The second-order valence-corrected chi connectivity index (χ2v) is 6.41. The van der Waals surface area contributed by atoms with Crippen molar-refractivity contribution in [2.75, 3.05) is 0 Å². The number of nitrogens with one attached hydrogen (secondary N) is 1. The van der Waals surface area contributed by atoms with Crippen LogP contribution in [0.2, 0.25) is 0 Å². The average molecular weight is 261 g/mol. The van der Waals surface area contributed by atoms with Crippen molar-refractivity contribution in [1.82, 2.24) is 5.32 Å². The van der Waals surface area contributed by atoms with Crippen LogP contribution in [0, 0.1) is 11.7 Å². The van der Waals surface area contributed by atoms with Crippen molar-refractivity contribution in [3.05, 3.63) is 35.1 Å². The molecule has 0 heterocycles. The number of benzene rings is 1. The molecule has 0 aromatic heterocycles. The largest absolute Gasteiger partial charge is 0.307 e. The minimum atomic E-state index is -0.0947. The molecule has 0 aliphatic heterocycles. The van der Waals surface area contributed by atoms with Gasteiger partial charge in [-0.1, -0.05) is 25.8 Å². The van der Waals surface area contributed by atoms with E-state index in [2.05, 4.69) is 12.2 Å². The van der Waals surface area contributed by atoms with Gasteiger partial charge in [-0.2, -0.15) is 0 Å². The third-order valence-corrected chi connectivity index (χ3v) is 4.88. The Morgan fingerprint density at radius 2 is 2.00 bits per heavy atom. The molecule has 2 heteroatoms. The fourth-order valence-corrected chi connectivity index (χ4v) is 3.70. The first-order valence-corrected chi connectivity index (χ1v) is 7.77. The Hall–Kier alpha value is -0.890. The van der Waals surface area contributed by atoms with Crippen molar-refractivity contribution in [1.29, 1.82) is 0 Å². The van der Waals surface area contributed by atoms with Crippen molar-refractivity contribution >= 4 is 0 Å². The van der Waals surface area contributed by atoms with Gasteiger partial charge < -0.3 is 5.32 Å². The van der Waals surface area contributed by atoms with Crippen LogP contribution in [-0.4, -0.2) is 6.04 Å². The molecule has 3 unspecified atom stereocenters. The first-order chi connectivity index (χ1) is 9.22. The van der Waals surface area contributed by atoms with Crippen LogP contribution in [0.4, 0.5) is 4.39 Å². The summed E-state index contributed by atoms with van der Waals surface area (Å²) in [6, 6.07) is 6.41. The molecule has 1 saturated carbocycles. The van der Waals surface area contributed by atoms with Crippen molar-refractivity contribution < 1.29 is 4.39 Å². The molecule has 1 nitrogen and oxygen atoms in total. The number of hydrogen-bond donors (Lipinski definition) is 1. The van der Waals surface area contributed by atoms with E-state index in [-0.39, 0.29) is 5.82 Å². The summed E-state index contributed by atoms with van der Waals surface area (Å²) in [6.45, 7) is 2.37. The molecule has 0 spiro atoms. The van der Waals surface area contributed by atoms with E-state index in [1.165, 1.54) is 43.2 Å². The molecule has 1 aromatic rings. The predicted octanol–water partition coefficient (Wildman–Crippen LogP) is 4.37.